The minimum absolute atomic E-state index is 0.00155. The molecule has 1 aromatic heterocycles. The number of hydrogen-bond donors (Lipinski definition) is 5. The van der Waals surface area contributed by atoms with Crippen LogP contribution in [0.15, 0.2) is 42.7 Å². The van der Waals surface area contributed by atoms with Crippen LogP contribution >= 0.6 is 0 Å². The minimum atomic E-state index is -0.981. The standard InChI is InChI=1S/C31H30N6O6/c1-15-20-8-9-23(22(20)7-6-21(15)30(41)42)35-28(39)25-12-24(33-14-34-25)27(38)32-13-16-2-3-17-4-5-18(11-19(17)10-16)26-29(40)37-31(43)36-26/h2-3,6-7,10,12,14,18,23,26H,4-5,8-9,11,13H2,1H3,(H,32,38)(H,35,39)(H,41,42)(H2,36,37,40,43)/t18?,23-,26?/m0/s1. The number of aromatic nitrogens is 2. The van der Waals surface area contributed by atoms with Gasteiger partial charge < -0.3 is 21.1 Å². The number of rotatable bonds is 7. The number of aryl methyl sites for hydroxylation is 1. The van der Waals surface area contributed by atoms with Crippen LogP contribution in [-0.2, 0) is 30.6 Å². The second-order valence-corrected chi connectivity index (χ2v) is 11.2. The van der Waals surface area contributed by atoms with Crippen LogP contribution in [-0.4, -0.2) is 50.8 Å². The highest BCUT2D eigenvalue weighted by Crippen LogP contribution is 2.35. The molecule has 220 valence electrons. The normalized spacial score (nSPS) is 20.4. The molecule has 12 heteroatoms. The number of aromatic carboxylic acids is 1. The summed E-state index contributed by atoms with van der Waals surface area (Å²) in [7, 11) is 0. The first-order valence-corrected chi connectivity index (χ1v) is 14.2. The molecule has 2 unspecified atom stereocenters. The van der Waals surface area contributed by atoms with Crippen molar-refractivity contribution in [2.24, 2.45) is 5.92 Å². The van der Waals surface area contributed by atoms with E-state index in [1.165, 1.54) is 18.0 Å². The van der Waals surface area contributed by atoms with Gasteiger partial charge in [-0.15, -0.1) is 0 Å². The first-order chi connectivity index (χ1) is 20.7. The summed E-state index contributed by atoms with van der Waals surface area (Å²) in [6.07, 6.45) is 4.70. The van der Waals surface area contributed by atoms with Gasteiger partial charge in [0.05, 0.1) is 11.6 Å². The Kier molecular flexibility index (Phi) is 7.34. The third kappa shape index (κ3) is 5.55. The van der Waals surface area contributed by atoms with Crippen LogP contribution in [0.2, 0.25) is 0 Å². The maximum Gasteiger partial charge on any atom is 0.335 e. The molecule has 0 saturated carbocycles. The average Bonchev–Trinajstić information content (AvgIpc) is 3.57. The van der Waals surface area contributed by atoms with Crippen molar-refractivity contribution in [3.05, 3.63) is 93.1 Å². The third-order valence-corrected chi connectivity index (χ3v) is 8.63. The molecule has 12 nitrogen and oxygen atoms in total. The van der Waals surface area contributed by atoms with Crippen LogP contribution in [0.5, 0.6) is 0 Å². The number of nitrogens with zero attached hydrogens (tertiary/aromatic N) is 2. The number of benzene rings is 2. The molecule has 0 spiro atoms. The Morgan fingerprint density at radius 2 is 1.77 bits per heavy atom. The van der Waals surface area contributed by atoms with Gasteiger partial charge in [0.25, 0.3) is 17.7 Å². The summed E-state index contributed by atoms with van der Waals surface area (Å²) in [6.45, 7) is 2.01. The topological polar surface area (TPSA) is 179 Å². The van der Waals surface area contributed by atoms with Gasteiger partial charge in [0.1, 0.15) is 23.8 Å². The molecule has 43 heavy (non-hydrogen) atoms. The van der Waals surface area contributed by atoms with Crippen LogP contribution in [0, 0.1) is 12.8 Å². The van der Waals surface area contributed by atoms with E-state index < -0.39 is 29.9 Å². The van der Waals surface area contributed by atoms with Gasteiger partial charge in [-0.05, 0) is 84.4 Å². The summed E-state index contributed by atoms with van der Waals surface area (Å²) in [6, 6.07) is 9.34. The van der Waals surface area contributed by atoms with Crippen LogP contribution < -0.4 is 21.3 Å². The smallest absolute Gasteiger partial charge is 0.335 e. The summed E-state index contributed by atoms with van der Waals surface area (Å²) in [5.74, 6) is -2.19. The number of imide groups is 1. The van der Waals surface area contributed by atoms with Crippen molar-refractivity contribution < 1.29 is 29.1 Å². The first kappa shape index (κ1) is 28.0. The molecule has 2 aliphatic carbocycles. The fourth-order valence-corrected chi connectivity index (χ4v) is 6.37. The van der Waals surface area contributed by atoms with Crippen LogP contribution in [0.4, 0.5) is 4.79 Å². The van der Waals surface area contributed by atoms with E-state index in [2.05, 4.69) is 31.2 Å². The highest BCUT2D eigenvalue weighted by Gasteiger charge is 2.37. The second-order valence-electron chi connectivity index (χ2n) is 11.2. The van der Waals surface area contributed by atoms with Gasteiger partial charge >= 0.3 is 12.0 Å². The molecule has 1 saturated heterocycles. The number of carboxylic acid groups (broad SMARTS) is 1. The largest absolute Gasteiger partial charge is 0.478 e. The minimum Gasteiger partial charge on any atom is -0.478 e. The number of carbonyl (C=O) groups is 5. The molecular weight excluding hydrogens is 552 g/mol. The molecule has 0 bridgehead atoms. The molecule has 3 aromatic rings. The third-order valence-electron chi connectivity index (χ3n) is 8.63. The molecule has 2 aromatic carbocycles. The van der Waals surface area contributed by atoms with E-state index in [4.69, 9.17) is 0 Å². The quantitative estimate of drug-likeness (QED) is 0.263. The molecule has 3 aliphatic rings. The lowest BCUT2D eigenvalue weighted by Crippen LogP contribution is -2.39. The Balaban J connectivity index is 1.08. The summed E-state index contributed by atoms with van der Waals surface area (Å²) in [5.41, 5.74) is 6.02. The zero-order chi connectivity index (χ0) is 30.2. The van der Waals surface area contributed by atoms with Crippen molar-refractivity contribution in [3.63, 3.8) is 0 Å². The van der Waals surface area contributed by atoms with Gasteiger partial charge in [0, 0.05) is 12.6 Å². The Labute approximate surface area is 246 Å². The molecule has 1 aliphatic heterocycles. The molecule has 1 fully saturated rings. The number of nitrogens with one attached hydrogen (secondary N) is 4. The fourth-order valence-electron chi connectivity index (χ4n) is 6.37. The Morgan fingerprint density at radius 1 is 0.977 bits per heavy atom. The number of urea groups is 1. The van der Waals surface area contributed by atoms with Gasteiger partial charge in [-0.3, -0.25) is 19.7 Å². The van der Waals surface area contributed by atoms with E-state index in [9.17, 15) is 29.1 Å². The fraction of sp³-hybridized carbons (Fsp3) is 0.323. The predicted octanol–water partition coefficient (Wildman–Crippen LogP) is 2.14. The van der Waals surface area contributed by atoms with E-state index >= 15 is 0 Å². The number of carboxylic acids is 1. The van der Waals surface area contributed by atoms with Crippen LogP contribution in [0.25, 0.3) is 0 Å². The van der Waals surface area contributed by atoms with E-state index in [0.717, 1.165) is 35.1 Å². The Hall–Kier alpha value is -5.13. The Morgan fingerprint density at radius 3 is 2.51 bits per heavy atom. The molecule has 6 rings (SSSR count). The van der Waals surface area contributed by atoms with E-state index in [0.29, 0.717) is 24.8 Å². The van der Waals surface area contributed by atoms with Crippen LogP contribution in [0.3, 0.4) is 0 Å². The number of hydrogen-bond acceptors (Lipinski definition) is 7. The molecule has 2 heterocycles. The maximum atomic E-state index is 13.0. The molecule has 3 atom stereocenters. The van der Waals surface area contributed by atoms with Gasteiger partial charge in [0.15, 0.2) is 0 Å². The van der Waals surface area contributed by atoms with Crippen molar-refractivity contribution >= 4 is 29.7 Å². The SMILES string of the molecule is Cc1c(C(=O)O)ccc2c1CC[C@@H]2NC(=O)c1cc(C(=O)NCc2ccc3c(c2)CC(C2NC(=O)NC2=O)CC3)ncn1. The number of amides is 5. The van der Waals surface area contributed by atoms with Gasteiger partial charge in [-0.2, -0.15) is 0 Å². The van der Waals surface area contributed by atoms with Crippen molar-refractivity contribution in [2.75, 3.05) is 0 Å². The molecule has 5 N–H and O–H groups in total. The van der Waals surface area contributed by atoms with Crippen LogP contribution in [0.1, 0.15) is 83.6 Å². The monoisotopic (exact) mass is 582 g/mol. The average molecular weight is 583 g/mol. The zero-order valence-electron chi connectivity index (χ0n) is 23.4. The lowest BCUT2D eigenvalue weighted by atomic mass is 9.79. The zero-order valence-corrected chi connectivity index (χ0v) is 23.4. The predicted molar refractivity (Wildman–Crippen MR) is 152 cm³/mol. The number of carbonyl (C=O) groups excluding carboxylic acids is 4. The summed E-state index contributed by atoms with van der Waals surface area (Å²) in [5, 5.41) is 20.2. The van der Waals surface area contributed by atoms with E-state index in [1.54, 1.807) is 19.1 Å². The van der Waals surface area contributed by atoms with Gasteiger partial charge in [0.2, 0.25) is 0 Å². The van der Waals surface area contributed by atoms with E-state index in [-0.39, 0.29) is 41.4 Å². The highest BCUT2D eigenvalue weighted by molar-refractivity contribution is 6.04. The lowest BCUT2D eigenvalue weighted by Gasteiger charge is -2.28. The summed E-state index contributed by atoms with van der Waals surface area (Å²) in [4.78, 5) is 69.2. The highest BCUT2D eigenvalue weighted by atomic mass is 16.4. The summed E-state index contributed by atoms with van der Waals surface area (Å²) >= 11 is 0. The van der Waals surface area contributed by atoms with Gasteiger partial charge in [-0.25, -0.2) is 19.6 Å². The van der Waals surface area contributed by atoms with Crippen molar-refractivity contribution in [1.82, 2.24) is 31.2 Å². The first-order valence-electron chi connectivity index (χ1n) is 14.2. The van der Waals surface area contributed by atoms with Gasteiger partial charge in [-0.1, -0.05) is 24.3 Å². The molecule has 5 amide bonds. The van der Waals surface area contributed by atoms with Crippen molar-refractivity contribution in [2.45, 2.75) is 57.7 Å². The summed E-state index contributed by atoms with van der Waals surface area (Å²) < 4.78 is 0. The van der Waals surface area contributed by atoms with Crippen molar-refractivity contribution in [1.29, 1.82) is 0 Å². The maximum absolute atomic E-state index is 13.0. The molecular formula is C31H30N6O6. The second kappa shape index (κ2) is 11.3. The lowest BCUT2D eigenvalue weighted by molar-refractivity contribution is -0.121. The van der Waals surface area contributed by atoms with Crippen molar-refractivity contribution in [3.8, 4) is 0 Å². The Bertz CT molecular complexity index is 1690. The molecule has 0 radical (unpaired) electrons. The van der Waals surface area contributed by atoms with E-state index in [1.807, 2.05) is 18.2 Å². The number of fused-ring (bicyclic) bond motifs is 2.